The first kappa shape index (κ1) is 12.2. The molecule has 1 N–H and O–H groups in total. The number of Topliss-reactive ketones (excluding diaryl/α,β-unsaturated/α-hetero) is 1. The van der Waals surface area contributed by atoms with Gasteiger partial charge in [-0.2, -0.15) is 0 Å². The number of hydrogen-bond acceptors (Lipinski definition) is 4. The summed E-state index contributed by atoms with van der Waals surface area (Å²) in [6, 6.07) is 0. The van der Waals surface area contributed by atoms with Gasteiger partial charge in [0.15, 0.2) is 11.5 Å². The average molecular weight is 196 g/mol. The largest absolute Gasteiger partial charge is 0.462 e. The molecule has 0 heterocycles. The van der Waals surface area contributed by atoms with E-state index in [-0.39, 0.29) is 23.9 Å². The summed E-state index contributed by atoms with van der Waals surface area (Å²) in [5, 5.41) is 8.56. The van der Waals surface area contributed by atoms with Gasteiger partial charge in [0.05, 0.1) is 6.26 Å². The molecule has 0 aromatic heterocycles. The molecule has 0 aliphatic carbocycles. The summed E-state index contributed by atoms with van der Waals surface area (Å²) in [6.07, 6.45) is 1.06. The summed E-state index contributed by atoms with van der Waals surface area (Å²) in [5.74, 6) is -0.958. The Morgan fingerprint density at radius 2 is 1.86 bits per heavy atom. The van der Waals surface area contributed by atoms with E-state index in [0.29, 0.717) is 0 Å². The van der Waals surface area contributed by atoms with Crippen LogP contribution in [0.3, 0.4) is 0 Å². The number of rotatable bonds is 7. The van der Waals surface area contributed by atoms with Crippen molar-refractivity contribution in [1.29, 1.82) is 0 Å². The standard InChI is InChI=1S/C10H12O4/c1-5-13-8(3)10(12)9(4)14-7(2)6-11/h5,11H,1-4,6H2. The SMILES string of the molecule is C=COC(=C)C(=O)C(=C)OC(=C)CO. The van der Waals surface area contributed by atoms with Gasteiger partial charge in [0, 0.05) is 0 Å². The molecule has 0 fully saturated rings. The van der Waals surface area contributed by atoms with Gasteiger partial charge in [-0.1, -0.05) is 26.3 Å². The molecule has 4 heteroatoms. The van der Waals surface area contributed by atoms with Crippen LogP contribution in [0.5, 0.6) is 0 Å². The van der Waals surface area contributed by atoms with E-state index >= 15 is 0 Å². The van der Waals surface area contributed by atoms with E-state index in [9.17, 15) is 4.79 Å². The Morgan fingerprint density at radius 1 is 1.29 bits per heavy atom. The second kappa shape index (κ2) is 5.77. The Labute approximate surface area is 82.4 Å². The highest BCUT2D eigenvalue weighted by Gasteiger charge is 2.14. The van der Waals surface area contributed by atoms with Crippen molar-refractivity contribution in [1.82, 2.24) is 0 Å². The fourth-order valence-electron chi connectivity index (χ4n) is 0.562. The van der Waals surface area contributed by atoms with Crippen LogP contribution in [0.15, 0.2) is 49.9 Å². The minimum atomic E-state index is -0.612. The summed E-state index contributed by atoms with van der Waals surface area (Å²) < 4.78 is 9.39. The summed E-state index contributed by atoms with van der Waals surface area (Å²) in [7, 11) is 0. The van der Waals surface area contributed by atoms with Crippen LogP contribution in [0.1, 0.15) is 0 Å². The van der Waals surface area contributed by atoms with E-state index in [1.165, 1.54) is 0 Å². The molecule has 0 aromatic carbocycles. The lowest BCUT2D eigenvalue weighted by Crippen LogP contribution is -2.09. The van der Waals surface area contributed by atoms with Crippen molar-refractivity contribution in [2.75, 3.05) is 6.61 Å². The summed E-state index contributed by atoms with van der Waals surface area (Å²) in [4.78, 5) is 11.3. The Balaban J connectivity index is 4.26. The van der Waals surface area contributed by atoms with Gasteiger partial charge in [-0.05, 0) is 0 Å². The van der Waals surface area contributed by atoms with Crippen molar-refractivity contribution in [2.24, 2.45) is 0 Å². The van der Waals surface area contributed by atoms with Crippen molar-refractivity contribution in [3.63, 3.8) is 0 Å². The quantitative estimate of drug-likeness (QED) is 0.492. The van der Waals surface area contributed by atoms with Crippen LogP contribution in [0.4, 0.5) is 0 Å². The predicted molar refractivity (Wildman–Crippen MR) is 51.9 cm³/mol. The molecule has 0 aliphatic rings. The number of carbonyl (C=O) groups is 1. The van der Waals surface area contributed by atoms with Gasteiger partial charge in [0.1, 0.15) is 12.4 Å². The maximum absolute atomic E-state index is 11.3. The zero-order valence-corrected chi connectivity index (χ0v) is 7.78. The Hall–Kier alpha value is -1.81. The predicted octanol–water partition coefficient (Wildman–Crippen LogP) is 1.27. The van der Waals surface area contributed by atoms with Crippen LogP contribution in [0, 0.1) is 0 Å². The van der Waals surface area contributed by atoms with E-state index in [2.05, 4.69) is 31.1 Å². The lowest BCUT2D eigenvalue weighted by atomic mass is 10.3. The normalized spacial score (nSPS) is 8.64. The lowest BCUT2D eigenvalue weighted by Gasteiger charge is -2.08. The lowest BCUT2D eigenvalue weighted by molar-refractivity contribution is -0.117. The second-order valence-electron chi connectivity index (χ2n) is 2.26. The molecule has 0 amide bonds. The number of ether oxygens (including phenoxy) is 2. The molecule has 4 nitrogen and oxygen atoms in total. The van der Waals surface area contributed by atoms with E-state index in [0.717, 1.165) is 6.26 Å². The first-order chi connectivity index (χ1) is 6.52. The number of hydrogen-bond donors (Lipinski definition) is 1. The fourth-order valence-corrected chi connectivity index (χ4v) is 0.562. The molecule has 0 saturated carbocycles. The van der Waals surface area contributed by atoms with Gasteiger partial charge in [-0.3, -0.25) is 4.79 Å². The molecule has 76 valence electrons. The van der Waals surface area contributed by atoms with Gasteiger partial charge >= 0.3 is 0 Å². The van der Waals surface area contributed by atoms with Gasteiger partial charge in [-0.15, -0.1) is 0 Å². The minimum absolute atomic E-state index is 0.0229. The van der Waals surface area contributed by atoms with Crippen molar-refractivity contribution in [2.45, 2.75) is 0 Å². The molecular formula is C10H12O4. The Morgan fingerprint density at radius 3 is 2.29 bits per heavy atom. The third kappa shape index (κ3) is 3.73. The molecule has 14 heavy (non-hydrogen) atoms. The van der Waals surface area contributed by atoms with Gasteiger partial charge in [-0.25, -0.2) is 0 Å². The number of carbonyl (C=O) groups excluding carboxylic acids is 1. The summed E-state index contributed by atoms with van der Waals surface area (Å²) in [6.45, 7) is 12.8. The Kier molecular flexibility index (Phi) is 5.02. The van der Waals surface area contributed by atoms with E-state index in [1.807, 2.05) is 0 Å². The molecule has 0 unspecified atom stereocenters. The molecular weight excluding hydrogens is 184 g/mol. The van der Waals surface area contributed by atoms with Crippen molar-refractivity contribution in [3.05, 3.63) is 49.9 Å². The van der Waals surface area contributed by atoms with Gasteiger partial charge in [0.2, 0.25) is 0 Å². The number of aliphatic hydroxyl groups is 1. The summed E-state index contributed by atoms with van der Waals surface area (Å²) >= 11 is 0. The molecule has 0 atom stereocenters. The maximum Gasteiger partial charge on any atom is 0.261 e. The van der Waals surface area contributed by atoms with Crippen LogP contribution in [0.25, 0.3) is 0 Å². The first-order valence-corrected chi connectivity index (χ1v) is 3.69. The highest BCUT2D eigenvalue weighted by Crippen LogP contribution is 2.09. The van der Waals surface area contributed by atoms with Crippen molar-refractivity contribution >= 4 is 5.78 Å². The van der Waals surface area contributed by atoms with Crippen LogP contribution in [0.2, 0.25) is 0 Å². The van der Waals surface area contributed by atoms with Crippen LogP contribution in [-0.2, 0) is 14.3 Å². The van der Waals surface area contributed by atoms with Crippen molar-refractivity contribution in [3.8, 4) is 0 Å². The molecule has 0 saturated heterocycles. The average Bonchev–Trinajstić information content (AvgIpc) is 2.16. The fraction of sp³-hybridized carbons (Fsp3) is 0.100. The molecule has 0 bridgehead atoms. The Bertz CT molecular complexity index is 288. The zero-order valence-electron chi connectivity index (χ0n) is 7.78. The molecule has 0 aromatic rings. The highest BCUT2D eigenvalue weighted by atomic mass is 16.5. The summed E-state index contributed by atoms with van der Waals surface area (Å²) in [5.41, 5.74) is 0. The van der Waals surface area contributed by atoms with E-state index in [1.54, 1.807) is 0 Å². The topological polar surface area (TPSA) is 55.8 Å². The molecule has 0 aliphatic heterocycles. The second-order valence-corrected chi connectivity index (χ2v) is 2.26. The van der Waals surface area contributed by atoms with Gasteiger partial charge < -0.3 is 14.6 Å². The van der Waals surface area contributed by atoms with Gasteiger partial charge in [0.25, 0.3) is 5.78 Å². The number of aliphatic hydroxyl groups excluding tert-OH is 1. The number of ketones is 1. The highest BCUT2D eigenvalue weighted by molar-refractivity contribution is 6.04. The van der Waals surface area contributed by atoms with E-state index < -0.39 is 5.78 Å². The van der Waals surface area contributed by atoms with Crippen LogP contribution >= 0.6 is 0 Å². The third-order valence-corrected chi connectivity index (χ3v) is 1.18. The van der Waals surface area contributed by atoms with E-state index in [4.69, 9.17) is 9.84 Å². The van der Waals surface area contributed by atoms with Crippen LogP contribution in [-0.4, -0.2) is 17.5 Å². The molecule has 0 rings (SSSR count). The molecule has 0 spiro atoms. The monoisotopic (exact) mass is 196 g/mol. The molecule has 0 radical (unpaired) electrons. The van der Waals surface area contributed by atoms with Crippen molar-refractivity contribution < 1.29 is 19.4 Å². The maximum atomic E-state index is 11.3. The van der Waals surface area contributed by atoms with Crippen LogP contribution < -0.4 is 0 Å². The minimum Gasteiger partial charge on any atom is -0.462 e. The zero-order chi connectivity index (χ0) is 11.1. The third-order valence-electron chi connectivity index (χ3n) is 1.18. The smallest absolute Gasteiger partial charge is 0.261 e. The first-order valence-electron chi connectivity index (χ1n) is 3.69.